The number of hydrogen-bond donors (Lipinski definition) is 2. The van der Waals surface area contributed by atoms with Gasteiger partial charge in [-0.1, -0.05) is 0 Å². The van der Waals surface area contributed by atoms with Gasteiger partial charge in [0.15, 0.2) is 0 Å². The third-order valence-corrected chi connectivity index (χ3v) is 6.24. The number of hydrogen-bond acceptors (Lipinski definition) is 4. The third-order valence-electron chi connectivity index (χ3n) is 4.66. The van der Waals surface area contributed by atoms with E-state index in [-0.39, 0.29) is 10.8 Å². The van der Waals surface area contributed by atoms with Gasteiger partial charge in [-0.25, -0.2) is 13.1 Å². The lowest BCUT2D eigenvalue weighted by Crippen LogP contribution is -2.44. The Bertz CT molecular complexity index is 720. The average molecular weight is 338 g/mol. The van der Waals surface area contributed by atoms with Crippen LogP contribution in [0.15, 0.2) is 23.1 Å². The summed E-state index contributed by atoms with van der Waals surface area (Å²) in [5.41, 5.74) is 0.493. The zero-order chi connectivity index (χ0) is 16.7. The zero-order valence-corrected chi connectivity index (χ0v) is 14.2. The first-order valence-electron chi connectivity index (χ1n) is 7.89. The number of ether oxygens (including phenoxy) is 1. The van der Waals surface area contributed by atoms with Crippen LogP contribution in [0.1, 0.15) is 31.2 Å². The van der Waals surface area contributed by atoms with Gasteiger partial charge < -0.3 is 10.1 Å². The maximum Gasteiger partial charge on any atom is 0.256 e. The predicted molar refractivity (Wildman–Crippen MR) is 86.7 cm³/mol. The maximum absolute atomic E-state index is 12.7. The second-order valence-corrected chi connectivity index (χ2v) is 8.11. The highest BCUT2D eigenvalue weighted by atomic mass is 32.2. The molecule has 6 nitrogen and oxygen atoms in total. The molecule has 126 valence electrons. The Kier molecular flexibility index (Phi) is 4.20. The Morgan fingerprint density at radius 1 is 1.35 bits per heavy atom. The summed E-state index contributed by atoms with van der Waals surface area (Å²) in [4.78, 5) is 12.9. The van der Waals surface area contributed by atoms with E-state index in [4.69, 9.17) is 4.74 Å². The van der Waals surface area contributed by atoms with Crippen molar-refractivity contribution in [3.05, 3.63) is 23.8 Å². The van der Waals surface area contributed by atoms with E-state index in [2.05, 4.69) is 10.0 Å². The van der Waals surface area contributed by atoms with Gasteiger partial charge in [0.1, 0.15) is 5.60 Å². The predicted octanol–water partition coefficient (Wildman–Crippen LogP) is 1.80. The molecule has 1 unspecified atom stereocenters. The van der Waals surface area contributed by atoms with E-state index in [9.17, 15) is 13.2 Å². The van der Waals surface area contributed by atoms with Crippen LogP contribution in [0.4, 0.5) is 5.69 Å². The molecule has 2 N–H and O–H groups in total. The number of rotatable bonds is 5. The first-order chi connectivity index (χ1) is 10.9. The molecule has 0 bridgehead atoms. The Hall–Kier alpha value is -1.44. The lowest BCUT2D eigenvalue weighted by atomic mass is 9.93. The highest BCUT2D eigenvalue weighted by molar-refractivity contribution is 7.89. The molecular formula is C16H22N2O4S. The minimum Gasteiger partial charge on any atom is -0.365 e. The molecule has 1 heterocycles. The van der Waals surface area contributed by atoms with Crippen LogP contribution in [-0.4, -0.2) is 33.6 Å². The second-order valence-electron chi connectivity index (χ2n) is 6.26. The minimum absolute atomic E-state index is 0.110. The Morgan fingerprint density at radius 3 is 2.61 bits per heavy atom. The van der Waals surface area contributed by atoms with Crippen molar-refractivity contribution in [2.45, 2.75) is 43.1 Å². The van der Waals surface area contributed by atoms with Crippen LogP contribution in [0.3, 0.4) is 0 Å². The summed E-state index contributed by atoms with van der Waals surface area (Å²) in [5.74, 6) is 0.205. The number of nitrogens with one attached hydrogen (secondary N) is 2. The number of carbonyl (C=O) groups is 1. The summed E-state index contributed by atoms with van der Waals surface area (Å²) in [6, 6.07) is 4.80. The largest absolute Gasteiger partial charge is 0.365 e. The number of benzene rings is 1. The van der Waals surface area contributed by atoms with E-state index in [1.54, 1.807) is 19.1 Å². The average Bonchev–Trinajstić information content (AvgIpc) is 3.25. The van der Waals surface area contributed by atoms with Crippen LogP contribution in [-0.2, 0) is 19.6 Å². The fraction of sp³-hybridized carbons (Fsp3) is 0.562. The van der Waals surface area contributed by atoms with Crippen molar-refractivity contribution in [2.75, 3.05) is 19.0 Å². The number of amides is 1. The second kappa shape index (κ2) is 5.89. The molecule has 1 aromatic carbocycles. The van der Waals surface area contributed by atoms with E-state index < -0.39 is 15.6 Å². The van der Waals surface area contributed by atoms with Crippen LogP contribution in [0.25, 0.3) is 0 Å². The molecule has 0 spiro atoms. The van der Waals surface area contributed by atoms with Crippen molar-refractivity contribution >= 4 is 21.6 Å². The minimum atomic E-state index is -3.49. The molecule has 1 saturated heterocycles. The highest BCUT2D eigenvalue weighted by Gasteiger charge is 2.53. The van der Waals surface area contributed by atoms with Gasteiger partial charge in [0.2, 0.25) is 10.0 Å². The zero-order valence-electron chi connectivity index (χ0n) is 13.4. The molecule has 0 radical (unpaired) electrons. The van der Waals surface area contributed by atoms with Gasteiger partial charge in [0, 0.05) is 12.3 Å². The summed E-state index contributed by atoms with van der Waals surface area (Å²) in [6.45, 7) is 2.34. The number of aryl methyl sites for hydroxylation is 1. The molecule has 1 saturated carbocycles. The molecule has 23 heavy (non-hydrogen) atoms. The molecular weight excluding hydrogens is 316 g/mol. The van der Waals surface area contributed by atoms with Gasteiger partial charge >= 0.3 is 0 Å². The molecule has 1 atom stereocenters. The Balaban J connectivity index is 1.81. The standard InChI is InChI=1S/C16H22N2O4S/c1-11-10-13(6-7-14(11)23(20,21)17-2)18-15(19)16(12-4-5-12)8-3-9-22-16/h6-7,10,12,17H,3-5,8-9H2,1-2H3,(H,18,19). The molecule has 1 amide bonds. The molecule has 2 aliphatic rings. The van der Waals surface area contributed by atoms with Gasteiger partial charge in [-0.05, 0) is 69.3 Å². The van der Waals surface area contributed by atoms with Crippen LogP contribution < -0.4 is 10.0 Å². The SMILES string of the molecule is CNS(=O)(=O)c1ccc(NC(=O)C2(C3CC3)CCCO2)cc1C. The van der Waals surface area contributed by atoms with Crippen molar-refractivity contribution in [2.24, 2.45) is 5.92 Å². The first kappa shape index (κ1) is 16.4. The topological polar surface area (TPSA) is 84.5 Å². The highest BCUT2D eigenvalue weighted by Crippen LogP contribution is 2.47. The first-order valence-corrected chi connectivity index (χ1v) is 9.37. The number of carbonyl (C=O) groups excluding carboxylic acids is 1. The Morgan fingerprint density at radius 2 is 2.09 bits per heavy atom. The Labute approximate surface area is 136 Å². The quantitative estimate of drug-likeness (QED) is 0.857. The van der Waals surface area contributed by atoms with Gasteiger partial charge in [-0.15, -0.1) is 0 Å². The van der Waals surface area contributed by atoms with Gasteiger partial charge in [0.25, 0.3) is 5.91 Å². The molecule has 1 aromatic rings. The van der Waals surface area contributed by atoms with Crippen LogP contribution in [0.5, 0.6) is 0 Å². The number of anilines is 1. The van der Waals surface area contributed by atoms with Crippen molar-refractivity contribution in [3.63, 3.8) is 0 Å². The van der Waals surface area contributed by atoms with Gasteiger partial charge in [-0.2, -0.15) is 0 Å². The number of sulfonamides is 1. The van der Waals surface area contributed by atoms with Crippen molar-refractivity contribution in [1.82, 2.24) is 4.72 Å². The van der Waals surface area contributed by atoms with E-state index in [0.29, 0.717) is 23.8 Å². The fourth-order valence-corrected chi connectivity index (χ4v) is 4.22. The van der Waals surface area contributed by atoms with Crippen molar-refractivity contribution in [1.29, 1.82) is 0 Å². The summed E-state index contributed by atoms with van der Waals surface area (Å²) < 4.78 is 31.9. The van der Waals surface area contributed by atoms with E-state index in [0.717, 1.165) is 25.7 Å². The summed E-state index contributed by atoms with van der Waals surface area (Å²) in [5, 5.41) is 2.90. The van der Waals surface area contributed by atoms with Crippen LogP contribution >= 0.6 is 0 Å². The lowest BCUT2D eigenvalue weighted by Gasteiger charge is -2.27. The van der Waals surface area contributed by atoms with Crippen LogP contribution in [0.2, 0.25) is 0 Å². The molecule has 0 aromatic heterocycles. The fourth-order valence-electron chi connectivity index (χ4n) is 3.27. The molecule has 1 aliphatic heterocycles. The molecule has 7 heteroatoms. The van der Waals surface area contributed by atoms with Gasteiger partial charge in [0.05, 0.1) is 4.90 Å². The van der Waals surface area contributed by atoms with E-state index in [1.165, 1.54) is 13.1 Å². The maximum atomic E-state index is 12.7. The summed E-state index contributed by atoms with van der Waals surface area (Å²) in [7, 11) is -2.12. The third kappa shape index (κ3) is 3.00. The lowest BCUT2D eigenvalue weighted by molar-refractivity contribution is -0.138. The smallest absolute Gasteiger partial charge is 0.256 e. The molecule has 2 fully saturated rings. The van der Waals surface area contributed by atoms with Gasteiger partial charge in [-0.3, -0.25) is 4.79 Å². The monoisotopic (exact) mass is 338 g/mol. The summed E-state index contributed by atoms with van der Waals surface area (Å²) >= 11 is 0. The van der Waals surface area contributed by atoms with Crippen molar-refractivity contribution < 1.29 is 17.9 Å². The molecule has 1 aliphatic carbocycles. The normalized spacial score (nSPS) is 24.6. The molecule has 3 rings (SSSR count). The van der Waals surface area contributed by atoms with Crippen LogP contribution in [0, 0.1) is 12.8 Å². The van der Waals surface area contributed by atoms with E-state index in [1.807, 2.05) is 0 Å². The van der Waals surface area contributed by atoms with Crippen molar-refractivity contribution in [3.8, 4) is 0 Å². The van der Waals surface area contributed by atoms with E-state index >= 15 is 0 Å². The summed E-state index contributed by atoms with van der Waals surface area (Å²) in [6.07, 6.45) is 3.73.